The van der Waals surface area contributed by atoms with Crippen LogP contribution in [0.4, 0.5) is 0 Å². The highest BCUT2D eigenvalue weighted by molar-refractivity contribution is 6.84. The summed E-state index contributed by atoms with van der Waals surface area (Å²) in [5.41, 5.74) is 0.161. The third kappa shape index (κ3) is 3.08. The summed E-state index contributed by atoms with van der Waals surface area (Å²) in [7, 11) is -0.392. The Morgan fingerprint density at radius 1 is 1.24 bits per heavy atom. The molecular weight excluding hydrogens is 213 g/mol. The second kappa shape index (κ2) is 5.19. The number of nitrogens with zero attached hydrogens (tertiary/aromatic N) is 1. The molecule has 0 aliphatic carbocycles. The van der Waals surface area contributed by atoms with Crippen LogP contribution in [0.25, 0.3) is 0 Å². The molecule has 0 bridgehead atoms. The van der Waals surface area contributed by atoms with Gasteiger partial charge in [-0.05, 0) is 40.7 Å². The number of rotatable bonds is 4. The van der Waals surface area contributed by atoms with Crippen LogP contribution < -0.4 is 0 Å². The summed E-state index contributed by atoms with van der Waals surface area (Å²) in [5, 5.41) is 0. The molecule has 1 aliphatic rings. The quantitative estimate of drug-likeness (QED) is 0.426. The van der Waals surface area contributed by atoms with Crippen LogP contribution in [0.1, 0.15) is 34.6 Å². The molecule has 0 spiro atoms. The molecule has 1 aliphatic heterocycles. The van der Waals surface area contributed by atoms with Crippen LogP contribution in [-0.2, 0) is 9.31 Å². The second-order valence-corrected chi connectivity index (χ2v) is 5.14. The van der Waals surface area contributed by atoms with E-state index in [4.69, 9.17) is 9.31 Å². The van der Waals surface area contributed by atoms with E-state index in [1.165, 1.54) is 0 Å². The first-order valence-electron chi connectivity index (χ1n) is 5.97. The van der Waals surface area contributed by atoms with Gasteiger partial charge in [0.2, 0.25) is 0 Å². The molecular formula is C13H22BNO2. The Labute approximate surface area is 105 Å². The van der Waals surface area contributed by atoms with Gasteiger partial charge in [0.15, 0.2) is 0 Å². The maximum Gasteiger partial charge on any atom is 0.514 e. The molecule has 1 rings (SSSR count). The van der Waals surface area contributed by atoms with Crippen molar-refractivity contribution in [3.63, 3.8) is 0 Å². The maximum atomic E-state index is 5.94. The van der Waals surface area contributed by atoms with Crippen LogP contribution in [0.2, 0.25) is 0 Å². The molecule has 0 aromatic carbocycles. The highest BCUT2D eigenvalue weighted by Crippen LogP contribution is 2.37. The largest absolute Gasteiger partial charge is 0.514 e. The van der Waals surface area contributed by atoms with Crippen molar-refractivity contribution in [1.29, 1.82) is 0 Å². The van der Waals surface area contributed by atoms with Gasteiger partial charge in [0.25, 0.3) is 0 Å². The van der Waals surface area contributed by atoms with E-state index in [1.54, 1.807) is 6.08 Å². The van der Waals surface area contributed by atoms with E-state index in [2.05, 4.69) is 11.6 Å². The van der Waals surface area contributed by atoms with E-state index >= 15 is 0 Å². The van der Waals surface area contributed by atoms with Crippen LogP contribution in [0.3, 0.4) is 0 Å². The lowest BCUT2D eigenvalue weighted by molar-refractivity contribution is 0.00578. The molecule has 0 unspecified atom stereocenters. The molecule has 1 heterocycles. The fourth-order valence-corrected chi connectivity index (χ4v) is 1.51. The Morgan fingerprint density at radius 3 is 2.18 bits per heavy atom. The van der Waals surface area contributed by atoms with Crippen molar-refractivity contribution in [3.8, 4) is 0 Å². The summed E-state index contributed by atoms with van der Waals surface area (Å²) >= 11 is 0. The van der Waals surface area contributed by atoms with Gasteiger partial charge in [-0.1, -0.05) is 12.2 Å². The van der Waals surface area contributed by atoms with Crippen LogP contribution in [0, 0.1) is 0 Å². The zero-order valence-electron chi connectivity index (χ0n) is 11.5. The molecule has 1 saturated heterocycles. The molecule has 0 aromatic heterocycles. The summed E-state index contributed by atoms with van der Waals surface area (Å²) in [6.45, 7) is 14.3. The first kappa shape index (κ1) is 14.2. The predicted molar refractivity (Wildman–Crippen MR) is 73.4 cm³/mol. The maximum absolute atomic E-state index is 5.94. The molecule has 3 nitrogen and oxygen atoms in total. The van der Waals surface area contributed by atoms with Crippen molar-refractivity contribution in [3.05, 3.63) is 24.8 Å². The van der Waals surface area contributed by atoms with Gasteiger partial charge in [-0.25, -0.2) is 0 Å². The summed E-state index contributed by atoms with van der Waals surface area (Å²) in [6.07, 6.45) is 5.62. The SMILES string of the molecule is C=CC/N=C(\C=C/C)B1OC(C)(C)C(C)(C)O1. The molecule has 0 radical (unpaired) electrons. The first-order chi connectivity index (χ1) is 7.84. The van der Waals surface area contributed by atoms with E-state index in [0.717, 1.165) is 5.61 Å². The molecule has 0 amide bonds. The molecule has 0 aromatic rings. The Hall–Kier alpha value is -0.865. The van der Waals surface area contributed by atoms with Crippen molar-refractivity contribution < 1.29 is 9.31 Å². The Balaban J connectivity index is 2.90. The van der Waals surface area contributed by atoms with Crippen LogP contribution in [-0.4, -0.2) is 30.5 Å². The number of aliphatic imine (C=N–C) groups is 1. The number of hydrogen-bond acceptors (Lipinski definition) is 3. The van der Waals surface area contributed by atoms with Gasteiger partial charge in [-0.2, -0.15) is 0 Å². The summed E-state index contributed by atoms with van der Waals surface area (Å²) in [4.78, 5) is 4.41. The lowest BCUT2D eigenvalue weighted by Crippen LogP contribution is -2.41. The highest BCUT2D eigenvalue weighted by Gasteiger charge is 2.52. The zero-order valence-corrected chi connectivity index (χ0v) is 11.5. The lowest BCUT2D eigenvalue weighted by atomic mass is 9.81. The normalized spacial score (nSPS) is 23.4. The topological polar surface area (TPSA) is 30.8 Å². The fourth-order valence-electron chi connectivity index (χ4n) is 1.51. The Bertz CT molecular complexity index is 329. The molecule has 94 valence electrons. The second-order valence-electron chi connectivity index (χ2n) is 5.14. The van der Waals surface area contributed by atoms with Gasteiger partial charge in [-0.15, -0.1) is 6.58 Å². The van der Waals surface area contributed by atoms with Gasteiger partial charge >= 0.3 is 7.12 Å². The van der Waals surface area contributed by atoms with Crippen molar-refractivity contribution in [1.82, 2.24) is 0 Å². The van der Waals surface area contributed by atoms with E-state index < -0.39 is 7.12 Å². The third-order valence-electron chi connectivity index (χ3n) is 3.24. The van der Waals surface area contributed by atoms with Crippen molar-refractivity contribution in [2.75, 3.05) is 6.54 Å². The first-order valence-corrected chi connectivity index (χ1v) is 5.97. The molecule has 4 heteroatoms. The Kier molecular flexibility index (Phi) is 4.34. The zero-order chi connectivity index (χ0) is 13.1. The number of allylic oxidation sites excluding steroid dienone is 2. The van der Waals surface area contributed by atoms with Gasteiger partial charge in [0, 0.05) is 0 Å². The molecule has 17 heavy (non-hydrogen) atoms. The Morgan fingerprint density at radius 2 is 1.76 bits per heavy atom. The minimum atomic E-state index is -0.392. The molecule has 0 atom stereocenters. The van der Waals surface area contributed by atoms with E-state index in [-0.39, 0.29) is 11.2 Å². The third-order valence-corrected chi connectivity index (χ3v) is 3.24. The van der Waals surface area contributed by atoms with E-state index in [9.17, 15) is 0 Å². The fraction of sp³-hybridized carbons (Fsp3) is 0.615. The smallest absolute Gasteiger partial charge is 0.398 e. The lowest BCUT2D eigenvalue weighted by Gasteiger charge is -2.32. The average Bonchev–Trinajstić information content (AvgIpc) is 2.43. The van der Waals surface area contributed by atoms with Crippen LogP contribution in [0.5, 0.6) is 0 Å². The van der Waals surface area contributed by atoms with Crippen molar-refractivity contribution in [2.45, 2.75) is 45.8 Å². The monoisotopic (exact) mass is 235 g/mol. The van der Waals surface area contributed by atoms with E-state index in [0.29, 0.717) is 6.54 Å². The van der Waals surface area contributed by atoms with E-state index in [1.807, 2.05) is 46.8 Å². The van der Waals surface area contributed by atoms with Gasteiger partial charge in [0.05, 0.1) is 23.4 Å². The highest BCUT2D eigenvalue weighted by atomic mass is 16.7. The minimum absolute atomic E-state index is 0.325. The van der Waals surface area contributed by atoms with Crippen molar-refractivity contribution in [2.24, 2.45) is 4.99 Å². The molecule has 0 N–H and O–H groups in total. The molecule has 0 saturated carbocycles. The predicted octanol–water partition coefficient (Wildman–Crippen LogP) is 2.82. The van der Waals surface area contributed by atoms with Gasteiger partial charge < -0.3 is 9.31 Å². The van der Waals surface area contributed by atoms with Crippen molar-refractivity contribution >= 4 is 12.7 Å². The van der Waals surface area contributed by atoms with Gasteiger partial charge in [-0.3, -0.25) is 4.99 Å². The summed E-state index contributed by atoms with van der Waals surface area (Å²) in [5.74, 6) is 0. The molecule has 1 fully saturated rings. The van der Waals surface area contributed by atoms with Crippen LogP contribution in [0.15, 0.2) is 29.8 Å². The minimum Gasteiger partial charge on any atom is -0.398 e. The van der Waals surface area contributed by atoms with Gasteiger partial charge in [0.1, 0.15) is 0 Å². The average molecular weight is 235 g/mol. The summed E-state index contributed by atoms with van der Waals surface area (Å²) in [6, 6.07) is 0. The summed E-state index contributed by atoms with van der Waals surface area (Å²) < 4.78 is 11.9. The standard InChI is InChI=1S/C13H22BNO2/c1-7-9-11(15-10-8-2)14-16-12(3,4)13(5,6)17-14/h7-9H,2,10H2,1,3-6H3/b9-7-,15-11+. The number of hydrogen-bond donors (Lipinski definition) is 0. The van der Waals surface area contributed by atoms with Crippen LogP contribution >= 0.6 is 0 Å².